The molecule has 1 saturated heterocycles. The Morgan fingerprint density at radius 2 is 2.38 bits per heavy atom. The molecule has 0 aromatic carbocycles. The highest BCUT2D eigenvalue weighted by Crippen LogP contribution is 2.39. The van der Waals surface area contributed by atoms with Gasteiger partial charge < -0.3 is 9.64 Å². The summed E-state index contributed by atoms with van der Waals surface area (Å²) in [6, 6.07) is 4.06. The quantitative estimate of drug-likeness (QED) is 0.804. The van der Waals surface area contributed by atoms with Gasteiger partial charge in [-0.1, -0.05) is 12.1 Å². The number of thiophene rings is 1. The Morgan fingerprint density at radius 3 is 3.05 bits per heavy atom. The van der Waals surface area contributed by atoms with E-state index in [1.54, 1.807) is 16.2 Å². The topological polar surface area (TPSA) is 46.6 Å². The average Bonchev–Trinajstić information content (AvgIpc) is 3.19. The summed E-state index contributed by atoms with van der Waals surface area (Å²) in [4.78, 5) is 26.9. The summed E-state index contributed by atoms with van der Waals surface area (Å²) in [6.45, 7) is 0.314. The largest absolute Gasteiger partial charge is 0.462 e. The van der Waals surface area contributed by atoms with Crippen LogP contribution in [0.2, 0.25) is 0 Å². The molecule has 3 rings (SSSR count). The summed E-state index contributed by atoms with van der Waals surface area (Å²) >= 11 is 1.64. The van der Waals surface area contributed by atoms with Crippen molar-refractivity contribution in [3.8, 4) is 0 Å². The van der Waals surface area contributed by atoms with Crippen molar-refractivity contribution in [2.45, 2.75) is 31.7 Å². The van der Waals surface area contributed by atoms with E-state index < -0.39 is 0 Å². The third kappa shape index (κ3) is 2.88. The molecule has 4 nitrogen and oxygen atoms in total. The van der Waals surface area contributed by atoms with Gasteiger partial charge in [-0.2, -0.15) is 0 Å². The standard InChI is InChI=1S/C16H19NO3S/c1-17-14(18)9-12(15(17)13-7-4-8-21-13)10-20-16(19)11-5-2-3-6-11/h4-5,7-8,12,15H,2-3,6,9-10H2,1H3/t12-,15+/m0/s1. The van der Waals surface area contributed by atoms with Crippen LogP contribution in [0, 0.1) is 5.92 Å². The molecule has 21 heavy (non-hydrogen) atoms. The minimum Gasteiger partial charge on any atom is -0.462 e. The molecule has 0 radical (unpaired) electrons. The first-order chi connectivity index (χ1) is 10.2. The molecule has 0 spiro atoms. The van der Waals surface area contributed by atoms with Gasteiger partial charge in [-0.05, 0) is 30.7 Å². The second-order valence-corrected chi connectivity index (χ2v) is 6.63. The molecular formula is C16H19NO3S. The van der Waals surface area contributed by atoms with Crippen LogP contribution in [0.25, 0.3) is 0 Å². The van der Waals surface area contributed by atoms with Crippen LogP contribution in [0.15, 0.2) is 29.2 Å². The molecule has 0 N–H and O–H groups in total. The average molecular weight is 305 g/mol. The Bertz CT molecular complexity index is 564. The van der Waals surface area contributed by atoms with Gasteiger partial charge in [0.2, 0.25) is 5.91 Å². The summed E-state index contributed by atoms with van der Waals surface area (Å²) in [5.74, 6) is -0.0407. The monoisotopic (exact) mass is 305 g/mol. The number of hydrogen-bond acceptors (Lipinski definition) is 4. The third-order valence-corrected chi connectivity index (χ3v) is 5.20. The fourth-order valence-corrected chi connectivity index (χ4v) is 4.08. The molecule has 2 aliphatic rings. The number of carbonyl (C=O) groups excluding carboxylic acids is 2. The maximum atomic E-state index is 12.0. The zero-order chi connectivity index (χ0) is 14.8. The number of allylic oxidation sites excluding steroid dienone is 1. The van der Waals surface area contributed by atoms with Crippen LogP contribution >= 0.6 is 11.3 Å². The second-order valence-electron chi connectivity index (χ2n) is 5.65. The predicted octanol–water partition coefficient (Wildman–Crippen LogP) is 2.92. The molecule has 1 aromatic heterocycles. The highest BCUT2D eigenvalue weighted by atomic mass is 32.1. The predicted molar refractivity (Wildman–Crippen MR) is 80.8 cm³/mol. The molecule has 1 aromatic rings. The van der Waals surface area contributed by atoms with Crippen LogP contribution in [0.1, 0.15) is 36.6 Å². The van der Waals surface area contributed by atoms with Crippen molar-refractivity contribution in [2.75, 3.05) is 13.7 Å². The molecule has 5 heteroatoms. The number of likely N-dealkylation sites (tertiary alicyclic amines) is 1. The fourth-order valence-electron chi connectivity index (χ4n) is 3.12. The first-order valence-corrected chi connectivity index (χ1v) is 8.20. The summed E-state index contributed by atoms with van der Waals surface area (Å²) in [5.41, 5.74) is 0.792. The molecule has 2 heterocycles. The van der Waals surface area contributed by atoms with Crippen LogP contribution < -0.4 is 0 Å². The molecule has 0 unspecified atom stereocenters. The van der Waals surface area contributed by atoms with E-state index >= 15 is 0 Å². The SMILES string of the molecule is CN1C(=O)C[C@@H](COC(=O)C2=CCCC2)[C@@H]1c1cccs1. The first kappa shape index (κ1) is 14.3. The molecule has 112 valence electrons. The fraction of sp³-hybridized carbons (Fsp3) is 0.500. The molecule has 1 amide bonds. The van der Waals surface area contributed by atoms with Gasteiger partial charge in [0.25, 0.3) is 0 Å². The Morgan fingerprint density at radius 1 is 1.52 bits per heavy atom. The van der Waals surface area contributed by atoms with Gasteiger partial charge >= 0.3 is 5.97 Å². The first-order valence-electron chi connectivity index (χ1n) is 7.32. The third-order valence-electron chi connectivity index (χ3n) is 4.26. The number of rotatable bonds is 4. The zero-order valence-electron chi connectivity index (χ0n) is 12.1. The van der Waals surface area contributed by atoms with Crippen molar-refractivity contribution >= 4 is 23.2 Å². The Balaban J connectivity index is 1.66. The van der Waals surface area contributed by atoms with Gasteiger partial charge in [0.05, 0.1) is 12.6 Å². The van der Waals surface area contributed by atoms with Gasteiger partial charge in [-0.3, -0.25) is 4.79 Å². The van der Waals surface area contributed by atoms with Crippen molar-refractivity contribution in [3.05, 3.63) is 34.0 Å². The Hall–Kier alpha value is -1.62. The van der Waals surface area contributed by atoms with E-state index in [9.17, 15) is 9.59 Å². The number of carbonyl (C=O) groups is 2. The molecule has 0 saturated carbocycles. The van der Waals surface area contributed by atoms with Crippen molar-refractivity contribution < 1.29 is 14.3 Å². The maximum absolute atomic E-state index is 12.0. The van der Waals surface area contributed by atoms with Crippen molar-refractivity contribution in [1.82, 2.24) is 4.90 Å². The van der Waals surface area contributed by atoms with E-state index in [0.717, 1.165) is 29.7 Å². The van der Waals surface area contributed by atoms with Gasteiger partial charge in [0, 0.05) is 29.8 Å². The zero-order valence-corrected chi connectivity index (χ0v) is 12.9. The molecule has 1 aliphatic carbocycles. The number of esters is 1. The van der Waals surface area contributed by atoms with E-state index in [0.29, 0.717) is 13.0 Å². The van der Waals surface area contributed by atoms with Gasteiger partial charge in [0.15, 0.2) is 0 Å². The number of nitrogens with zero attached hydrogens (tertiary/aromatic N) is 1. The van der Waals surface area contributed by atoms with Crippen molar-refractivity contribution in [3.63, 3.8) is 0 Å². The second kappa shape index (κ2) is 6.02. The van der Waals surface area contributed by atoms with E-state index in [1.165, 1.54) is 0 Å². The molecule has 1 fully saturated rings. The Labute approximate surface area is 128 Å². The number of ether oxygens (including phenoxy) is 1. The van der Waals surface area contributed by atoms with E-state index in [2.05, 4.69) is 0 Å². The highest BCUT2D eigenvalue weighted by Gasteiger charge is 2.39. The number of hydrogen-bond donors (Lipinski definition) is 0. The Kier molecular flexibility index (Phi) is 4.10. The van der Waals surface area contributed by atoms with Gasteiger partial charge in [-0.15, -0.1) is 11.3 Å². The highest BCUT2D eigenvalue weighted by molar-refractivity contribution is 7.10. The molecule has 2 atom stereocenters. The lowest BCUT2D eigenvalue weighted by Gasteiger charge is -2.23. The molecule has 1 aliphatic heterocycles. The minimum absolute atomic E-state index is 0.0304. The lowest BCUT2D eigenvalue weighted by atomic mass is 10.00. The van der Waals surface area contributed by atoms with Gasteiger partial charge in [-0.25, -0.2) is 4.79 Å². The van der Waals surface area contributed by atoms with Crippen LogP contribution in [0.3, 0.4) is 0 Å². The molecular weight excluding hydrogens is 286 g/mol. The summed E-state index contributed by atoms with van der Waals surface area (Å²) in [6.07, 6.45) is 5.23. The minimum atomic E-state index is -0.209. The number of amides is 1. The summed E-state index contributed by atoms with van der Waals surface area (Å²) < 4.78 is 5.45. The van der Waals surface area contributed by atoms with Crippen molar-refractivity contribution in [1.29, 1.82) is 0 Å². The summed E-state index contributed by atoms with van der Waals surface area (Å²) in [5, 5.41) is 2.01. The van der Waals surface area contributed by atoms with Crippen LogP contribution in [0.4, 0.5) is 0 Å². The van der Waals surface area contributed by atoms with E-state index in [4.69, 9.17) is 4.74 Å². The van der Waals surface area contributed by atoms with Crippen molar-refractivity contribution in [2.24, 2.45) is 5.92 Å². The summed E-state index contributed by atoms with van der Waals surface area (Å²) in [7, 11) is 1.83. The van der Waals surface area contributed by atoms with Crippen LogP contribution in [-0.4, -0.2) is 30.4 Å². The smallest absolute Gasteiger partial charge is 0.333 e. The van der Waals surface area contributed by atoms with Crippen LogP contribution in [0.5, 0.6) is 0 Å². The lowest BCUT2D eigenvalue weighted by Crippen LogP contribution is -2.25. The van der Waals surface area contributed by atoms with Crippen LogP contribution in [-0.2, 0) is 14.3 Å². The van der Waals surface area contributed by atoms with E-state index in [-0.39, 0.29) is 23.8 Å². The normalized spacial score (nSPS) is 25.3. The van der Waals surface area contributed by atoms with Gasteiger partial charge in [0.1, 0.15) is 0 Å². The van der Waals surface area contributed by atoms with E-state index in [1.807, 2.05) is 30.6 Å². The molecule has 0 bridgehead atoms. The maximum Gasteiger partial charge on any atom is 0.333 e. The lowest BCUT2D eigenvalue weighted by molar-refractivity contribution is -0.140.